The summed E-state index contributed by atoms with van der Waals surface area (Å²) in [6, 6.07) is 5.44. The summed E-state index contributed by atoms with van der Waals surface area (Å²) in [5.74, 6) is 0.389. The number of hydrogen-bond acceptors (Lipinski definition) is 3. The lowest BCUT2D eigenvalue weighted by Gasteiger charge is -2.24. The van der Waals surface area contributed by atoms with E-state index in [1.165, 1.54) is 4.90 Å². The van der Waals surface area contributed by atoms with E-state index in [0.717, 1.165) is 5.56 Å². The lowest BCUT2D eigenvalue weighted by molar-refractivity contribution is -0.147. The van der Waals surface area contributed by atoms with Gasteiger partial charge in [0, 0.05) is 25.9 Å². The molecule has 1 saturated heterocycles. The van der Waals surface area contributed by atoms with Gasteiger partial charge in [-0.1, -0.05) is 29.3 Å². The van der Waals surface area contributed by atoms with Crippen LogP contribution in [-0.2, 0) is 9.59 Å². The Kier molecular flexibility index (Phi) is 10.4. The summed E-state index contributed by atoms with van der Waals surface area (Å²) in [5.41, 5.74) is 0.978. The van der Waals surface area contributed by atoms with E-state index in [-0.39, 0.29) is 41.8 Å². The molecule has 0 bridgehead atoms. The van der Waals surface area contributed by atoms with Crippen molar-refractivity contribution in [1.82, 2.24) is 15.5 Å². The third-order valence-electron chi connectivity index (χ3n) is 4.12. The summed E-state index contributed by atoms with van der Waals surface area (Å²) in [5, 5.41) is 7.47. The van der Waals surface area contributed by atoms with Crippen molar-refractivity contribution in [1.29, 1.82) is 0 Å². The molecule has 9 heteroatoms. The van der Waals surface area contributed by atoms with Crippen LogP contribution in [0.25, 0.3) is 0 Å². The number of carbonyl (C=O) groups is 2. The molecule has 0 spiro atoms. The monoisotopic (exact) mass is 526 g/mol. The zero-order valence-corrected chi connectivity index (χ0v) is 19.3. The molecule has 1 aliphatic rings. The van der Waals surface area contributed by atoms with E-state index in [9.17, 15) is 9.59 Å². The van der Waals surface area contributed by atoms with E-state index in [4.69, 9.17) is 23.2 Å². The van der Waals surface area contributed by atoms with Crippen LogP contribution in [-0.4, -0.2) is 42.3 Å². The van der Waals surface area contributed by atoms with Gasteiger partial charge in [0.25, 0.3) is 0 Å². The molecule has 2 rings (SSSR count). The molecule has 1 aromatic rings. The van der Waals surface area contributed by atoms with Crippen molar-refractivity contribution < 1.29 is 9.59 Å². The first-order valence-electron chi connectivity index (χ1n) is 8.75. The third-order valence-corrected chi connectivity index (χ3v) is 4.86. The molecule has 150 valence electrons. The fraction of sp³-hybridized carbons (Fsp3) is 0.500. The Balaban J connectivity index is 0.00000364. The minimum Gasteiger partial charge on any atom is -0.357 e. The maximum absolute atomic E-state index is 11.8. The molecule has 1 aliphatic heterocycles. The lowest BCUT2D eigenvalue weighted by atomic mass is 10.1. The number of hydrogen-bond donors (Lipinski definition) is 2. The second-order valence-electron chi connectivity index (χ2n) is 6.09. The molecular formula is C18H25Cl2IN4O2. The molecule has 0 aliphatic carbocycles. The molecular weight excluding hydrogens is 502 g/mol. The first kappa shape index (κ1) is 24.0. The van der Waals surface area contributed by atoms with Gasteiger partial charge in [-0.2, -0.15) is 0 Å². The zero-order chi connectivity index (χ0) is 19.1. The number of imide groups is 1. The number of carbonyl (C=O) groups excluding carboxylic acids is 2. The van der Waals surface area contributed by atoms with Gasteiger partial charge in [0.15, 0.2) is 5.96 Å². The molecule has 27 heavy (non-hydrogen) atoms. The maximum Gasteiger partial charge on any atom is 0.229 e. The molecule has 1 aromatic carbocycles. The van der Waals surface area contributed by atoms with Crippen molar-refractivity contribution in [2.75, 3.05) is 19.6 Å². The largest absolute Gasteiger partial charge is 0.357 e. The van der Waals surface area contributed by atoms with Gasteiger partial charge >= 0.3 is 0 Å². The van der Waals surface area contributed by atoms with E-state index >= 15 is 0 Å². The van der Waals surface area contributed by atoms with Gasteiger partial charge in [-0.15, -0.1) is 24.0 Å². The summed E-state index contributed by atoms with van der Waals surface area (Å²) < 4.78 is 0. The van der Waals surface area contributed by atoms with Crippen molar-refractivity contribution in [2.24, 2.45) is 4.99 Å². The normalized spacial score (nSPS) is 16.0. The number of aliphatic imine (C=N–C) groups is 1. The van der Waals surface area contributed by atoms with E-state index in [1.807, 2.05) is 26.0 Å². The van der Waals surface area contributed by atoms with Gasteiger partial charge < -0.3 is 10.6 Å². The molecule has 2 amide bonds. The van der Waals surface area contributed by atoms with Gasteiger partial charge in [0.1, 0.15) is 0 Å². The van der Waals surface area contributed by atoms with Crippen LogP contribution in [0.5, 0.6) is 0 Å². The topological polar surface area (TPSA) is 73.8 Å². The van der Waals surface area contributed by atoms with E-state index < -0.39 is 0 Å². The van der Waals surface area contributed by atoms with Crippen LogP contribution in [0.4, 0.5) is 0 Å². The lowest BCUT2D eigenvalue weighted by Crippen LogP contribution is -2.42. The van der Waals surface area contributed by atoms with Gasteiger partial charge in [-0.25, -0.2) is 0 Å². The zero-order valence-electron chi connectivity index (χ0n) is 15.4. The highest BCUT2D eigenvalue weighted by atomic mass is 127. The maximum atomic E-state index is 11.8. The summed E-state index contributed by atoms with van der Waals surface area (Å²) in [6.45, 7) is 5.31. The SMILES string of the molecule is CCNC(=NCCN1C(=O)CCCC1=O)NC(C)c1ccc(Cl)c(Cl)c1.I. The fourth-order valence-corrected chi connectivity index (χ4v) is 3.01. The van der Waals surface area contributed by atoms with Crippen LogP contribution >= 0.6 is 47.2 Å². The molecule has 0 aromatic heterocycles. The molecule has 1 heterocycles. The predicted octanol–water partition coefficient (Wildman–Crippen LogP) is 3.77. The van der Waals surface area contributed by atoms with E-state index in [2.05, 4.69) is 15.6 Å². The average Bonchev–Trinajstić information content (AvgIpc) is 2.60. The molecule has 1 fully saturated rings. The van der Waals surface area contributed by atoms with Crippen molar-refractivity contribution in [2.45, 2.75) is 39.2 Å². The van der Waals surface area contributed by atoms with E-state index in [0.29, 0.717) is 54.9 Å². The Labute approximate surface area is 187 Å². The van der Waals surface area contributed by atoms with Crippen LogP contribution in [0.3, 0.4) is 0 Å². The highest BCUT2D eigenvalue weighted by molar-refractivity contribution is 14.0. The first-order valence-corrected chi connectivity index (χ1v) is 9.51. The summed E-state index contributed by atoms with van der Waals surface area (Å²) >= 11 is 12.0. The first-order chi connectivity index (χ1) is 12.4. The van der Waals surface area contributed by atoms with Crippen LogP contribution in [0, 0.1) is 0 Å². The highest BCUT2D eigenvalue weighted by Crippen LogP contribution is 2.25. The minimum atomic E-state index is -0.112. The Bertz CT molecular complexity index is 684. The van der Waals surface area contributed by atoms with Gasteiger partial charge in [0.05, 0.1) is 22.6 Å². The van der Waals surface area contributed by atoms with Crippen molar-refractivity contribution in [3.05, 3.63) is 33.8 Å². The number of guanidine groups is 1. The molecule has 0 radical (unpaired) electrons. The van der Waals surface area contributed by atoms with Gasteiger partial charge in [-0.05, 0) is 38.0 Å². The number of piperidine rings is 1. The number of likely N-dealkylation sites (tertiary alicyclic amines) is 1. The summed E-state index contributed by atoms with van der Waals surface area (Å²) in [4.78, 5) is 29.4. The van der Waals surface area contributed by atoms with Crippen LogP contribution < -0.4 is 10.6 Å². The second kappa shape index (κ2) is 11.7. The average molecular weight is 527 g/mol. The molecule has 2 N–H and O–H groups in total. The van der Waals surface area contributed by atoms with Crippen LogP contribution in [0.1, 0.15) is 44.7 Å². The number of nitrogens with one attached hydrogen (secondary N) is 2. The Hall–Kier alpha value is -1.06. The molecule has 1 unspecified atom stereocenters. The Morgan fingerprint density at radius 2 is 1.89 bits per heavy atom. The Morgan fingerprint density at radius 3 is 2.48 bits per heavy atom. The Morgan fingerprint density at radius 1 is 1.22 bits per heavy atom. The van der Waals surface area contributed by atoms with Gasteiger partial charge in [-0.3, -0.25) is 19.5 Å². The molecule has 0 saturated carbocycles. The second-order valence-corrected chi connectivity index (χ2v) is 6.91. The summed E-state index contributed by atoms with van der Waals surface area (Å²) in [7, 11) is 0. The number of halogens is 3. The standard InChI is InChI=1S/C18H24Cl2N4O2.HI/c1-3-21-18(22-9-10-24-16(25)5-4-6-17(24)26)23-12(2)13-7-8-14(19)15(20)11-13;/h7-8,11-12H,3-6,9-10H2,1-2H3,(H2,21,22,23);1H. The van der Waals surface area contributed by atoms with Crippen molar-refractivity contribution >= 4 is 65.0 Å². The van der Waals surface area contributed by atoms with Crippen molar-refractivity contribution in [3.63, 3.8) is 0 Å². The summed E-state index contributed by atoms with van der Waals surface area (Å²) in [6.07, 6.45) is 1.51. The van der Waals surface area contributed by atoms with Crippen LogP contribution in [0.2, 0.25) is 10.0 Å². The number of amides is 2. The molecule has 6 nitrogen and oxygen atoms in total. The van der Waals surface area contributed by atoms with Crippen molar-refractivity contribution in [3.8, 4) is 0 Å². The van der Waals surface area contributed by atoms with Gasteiger partial charge in [0.2, 0.25) is 11.8 Å². The minimum absolute atomic E-state index is 0. The van der Waals surface area contributed by atoms with Crippen LogP contribution in [0.15, 0.2) is 23.2 Å². The third kappa shape index (κ3) is 7.12. The predicted molar refractivity (Wildman–Crippen MR) is 120 cm³/mol. The van der Waals surface area contributed by atoms with E-state index in [1.54, 1.807) is 6.07 Å². The number of benzene rings is 1. The highest BCUT2D eigenvalue weighted by Gasteiger charge is 2.25. The quantitative estimate of drug-likeness (QED) is 0.256. The molecule has 1 atom stereocenters. The number of nitrogens with zero attached hydrogens (tertiary/aromatic N) is 2. The fourth-order valence-electron chi connectivity index (χ4n) is 2.70. The smallest absolute Gasteiger partial charge is 0.229 e. The number of rotatable bonds is 6.